The Bertz CT molecular complexity index is 292. The van der Waals surface area contributed by atoms with Gasteiger partial charge < -0.3 is 9.47 Å². The zero-order valence-electron chi connectivity index (χ0n) is 11.5. The molecule has 17 heavy (non-hydrogen) atoms. The van der Waals surface area contributed by atoms with Crippen molar-refractivity contribution in [2.75, 3.05) is 6.61 Å². The Kier molecular flexibility index (Phi) is 4.95. The van der Waals surface area contributed by atoms with Crippen LogP contribution in [-0.4, -0.2) is 32.9 Å². The van der Waals surface area contributed by atoms with E-state index in [0.29, 0.717) is 0 Å². The molecular weight excluding hydrogens is 232 g/mol. The van der Waals surface area contributed by atoms with Crippen LogP contribution in [0.4, 0.5) is 0 Å². The molecule has 0 radical (unpaired) electrons. The van der Waals surface area contributed by atoms with E-state index >= 15 is 0 Å². The standard InChI is InChI=1S/C13H24O3Si/c1-10(2)13-11(6-7-12(14)16-13)15-8-9-17(3,4)5/h6-7,10-11,13H,8-9H2,1-5H3/t11-,13-/m1/s1. The summed E-state index contributed by atoms with van der Waals surface area (Å²) in [6, 6.07) is 1.14. The molecule has 0 amide bonds. The van der Waals surface area contributed by atoms with E-state index in [2.05, 4.69) is 19.6 Å². The summed E-state index contributed by atoms with van der Waals surface area (Å²) in [5.41, 5.74) is 0. The molecule has 0 unspecified atom stereocenters. The summed E-state index contributed by atoms with van der Waals surface area (Å²) in [5, 5.41) is 0. The number of ether oxygens (including phenoxy) is 2. The fourth-order valence-electron chi connectivity index (χ4n) is 1.69. The maximum atomic E-state index is 11.2. The molecular formula is C13H24O3Si. The Hall–Kier alpha value is -0.613. The molecule has 0 saturated carbocycles. The maximum absolute atomic E-state index is 11.2. The second-order valence-electron chi connectivity index (χ2n) is 6.15. The second-order valence-corrected chi connectivity index (χ2v) is 11.8. The lowest BCUT2D eigenvalue weighted by atomic mass is 9.99. The van der Waals surface area contributed by atoms with E-state index in [0.717, 1.165) is 12.7 Å². The summed E-state index contributed by atoms with van der Waals surface area (Å²) >= 11 is 0. The van der Waals surface area contributed by atoms with E-state index in [1.165, 1.54) is 6.08 Å². The number of rotatable bonds is 5. The minimum absolute atomic E-state index is 0.0796. The van der Waals surface area contributed by atoms with E-state index in [1.54, 1.807) is 0 Å². The third-order valence-corrected chi connectivity index (χ3v) is 4.52. The highest BCUT2D eigenvalue weighted by atomic mass is 28.3. The van der Waals surface area contributed by atoms with Crippen LogP contribution in [0.15, 0.2) is 12.2 Å². The number of hydrogen-bond acceptors (Lipinski definition) is 3. The minimum Gasteiger partial charge on any atom is -0.456 e. The number of carbonyl (C=O) groups is 1. The third-order valence-electron chi connectivity index (χ3n) is 2.82. The van der Waals surface area contributed by atoms with Crippen molar-refractivity contribution in [1.82, 2.24) is 0 Å². The van der Waals surface area contributed by atoms with Gasteiger partial charge in [0.25, 0.3) is 0 Å². The molecule has 0 aromatic rings. The molecule has 4 heteroatoms. The first-order valence-corrected chi connectivity index (χ1v) is 10.0. The van der Waals surface area contributed by atoms with Gasteiger partial charge in [0.2, 0.25) is 0 Å². The Labute approximate surface area is 105 Å². The minimum atomic E-state index is -1.06. The van der Waals surface area contributed by atoms with Gasteiger partial charge in [0.15, 0.2) is 0 Å². The van der Waals surface area contributed by atoms with Crippen LogP contribution in [0.25, 0.3) is 0 Å². The summed E-state index contributed by atoms with van der Waals surface area (Å²) in [7, 11) is -1.06. The van der Waals surface area contributed by atoms with Gasteiger partial charge in [-0.05, 0) is 18.0 Å². The smallest absolute Gasteiger partial charge is 0.330 e. The van der Waals surface area contributed by atoms with E-state index < -0.39 is 8.07 Å². The van der Waals surface area contributed by atoms with Gasteiger partial charge in [-0.3, -0.25) is 0 Å². The average molecular weight is 256 g/mol. The van der Waals surface area contributed by atoms with Crippen molar-refractivity contribution in [2.24, 2.45) is 5.92 Å². The van der Waals surface area contributed by atoms with E-state index in [-0.39, 0.29) is 24.1 Å². The first kappa shape index (κ1) is 14.4. The maximum Gasteiger partial charge on any atom is 0.330 e. The van der Waals surface area contributed by atoms with Crippen LogP contribution in [-0.2, 0) is 14.3 Å². The highest BCUT2D eigenvalue weighted by molar-refractivity contribution is 6.76. The zero-order chi connectivity index (χ0) is 13.1. The molecule has 1 heterocycles. The van der Waals surface area contributed by atoms with E-state index in [4.69, 9.17) is 9.47 Å². The molecule has 3 nitrogen and oxygen atoms in total. The molecule has 0 fully saturated rings. The molecule has 98 valence electrons. The fraction of sp³-hybridized carbons (Fsp3) is 0.769. The summed E-state index contributed by atoms with van der Waals surface area (Å²) < 4.78 is 11.2. The third kappa shape index (κ3) is 5.04. The quantitative estimate of drug-likeness (QED) is 0.560. The highest BCUT2D eigenvalue weighted by Gasteiger charge is 2.30. The summed E-state index contributed by atoms with van der Waals surface area (Å²) in [6.07, 6.45) is 3.08. The lowest BCUT2D eigenvalue weighted by Gasteiger charge is -2.30. The number of esters is 1. The number of cyclic esters (lactones) is 1. The van der Waals surface area contributed by atoms with Crippen LogP contribution in [0.5, 0.6) is 0 Å². The van der Waals surface area contributed by atoms with Gasteiger partial charge in [-0.15, -0.1) is 0 Å². The Balaban J connectivity index is 2.50. The molecule has 0 aromatic carbocycles. The summed E-state index contributed by atoms with van der Waals surface area (Å²) in [4.78, 5) is 11.2. The van der Waals surface area contributed by atoms with Gasteiger partial charge in [-0.1, -0.05) is 33.5 Å². The largest absolute Gasteiger partial charge is 0.456 e. The van der Waals surface area contributed by atoms with Gasteiger partial charge in [0.05, 0.1) is 0 Å². The molecule has 1 aliphatic rings. The van der Waals surface area contributed by atoms with Crippen LogP contribution >= 0.6 is 0 Å². The van der Waals surface area contributed by atoms with Crippen molar-refractivity contribution < 1.29 is 14.3 Å². The van der Waals surface area contributed by atoms with Crippen molar-refractivity contribution in [1.29, 1.82) is 0 Å². The van der Waals surface area contributed by atoms with Crippen molar-refractivity contribution in [3.63, 3.8) is 0 Å². The molecule has 0 N–H and O–H groups in total. The molecule has 0 spiro atoms. The van der Waals surface area contributed by atoms with Crippen LogP contribution < -0.4 is 0 Å². The number of hydrogen-bond donors (Lipinski definition) is 0. The van der Waals surface area contributed by atoms with Crippen molar-refractivity contribution in [3.05, 3.63) is 12.2 Å². The van der Waals surface area contributed by atoms with Crippen LogP contribution in [0, 0.1) is 5.92 Å². The van der Waals surface area contributed by atoms with Gasteiger partial charge >= 0.3 is 5.97 Å². The second kappa shape index (κ2) is 5.82. The Morgan fingerprint density at radius 2 is 2.06 bits per heavy atom. The van der Waals surface area contributed by atoms with Gasteiger partial charge in [0, 0.05) is 20.8 Å². The van der Waals surface area contributed by atoms with Crippen molar-refractivity contribution in [2.45, 2.75) is 51.7 Å². The van der Waals surface area contributed by atoms with Gasteiger partial charge in [-0.2, -0.15) is 0 Å². The molecule has 0 aliphatic carbocycles. The molecule has 0 bridgehead atoms. The molecule has 1 rings (SSSR count). The van der Waals surface area contributed by atoms with Crippen LogP contribution in [0.3, 0.4) is 0 Å². The lowest BCUT2D eigenvalue weighted by molar-refractivity contribution is -0.155. The summed E-state index contributed by atoms with van der Waals surface area (Å²) in [6.45, 7) is 11.8. The SMILES string of the molecule is CC(C)[C@H]1OC(=O)C=C[C@H]1OCC[Si](C)(C)C. The predicted molar refractivity (Wildman–Crippen MR) is 71.8 cm³/mol. The normalized spacial score (nSPS) is 25.2. The first-order valence-electron chi connectivity index (χ1n) is 6.30. The molecule has 1 aliphatic heterocycles. The molecule has 0 saturated heterocycles. The Morgan fingerprint density at radius 3 is 2.59 bits per heavy atom. The summed E-state index contributed by atoms with van der Waals surface area (Å²) in [5.74, 6) is 0.0227. The fourth-order valence-corrected chi connectivity index (χ4v) is 2.42. The average Bonchev–Trinajstić information content (AvgIpc) is 2.18. The molecule has 0 aromatic heterocycles. The first-order chi connectivity index (χ1) is 7.79. The van der Waals surface area contributed by atoms with Crippen LogP contribution in [0.2, 0.25) is 25.7 Å². The van der Waals surface area contributed by atoms with Crippen LogP contribution in [0.1, 0.15) is 13.8 Å². The Morgan fingerprint density at radius 1 is 1.41 bits per heavy atom. The van der Waals surface area contributed by atoms with Gasteiger partial charge in [-0.25, -0.2) is 4.79 Å². The van der Waals surface area contributed by atoms with Gasteiger partial charge in [0.1, 0.15) is 12.2 Å². The zero-order valence-corrected chi connectivity index (χ0v) is 12.5. The van der Waals surface area contributed by atoms with Crippen molar-refractivity contribution in [3.8, 4) is 0 Å². The predicted octanol–water partition coefficient (Wildman–Crippen LogP) is 2.85. The van der Waals surface area contributed by atoms with E-state index in [9.17, 15) is 4.79 Å². The number of carbonyl (C=O) groups excluding carboxylic acids is 1. The van der Waals surface area contributed by atoms with E-state index in [1.807, 2.05) is 19.9 Å². The highest BCUT2D eigenvalue weighted by Crippen LogP contribution is 2.20. The molecule has 2 atom stereocenters. The topological polar surface area (TPSA) is 35.5 Å². The van der Waals surface area contributed by atoms with Crippen molar-refractivity contribution >= 4 is 14.0 Å². The monoisotopic (exact) mass is 256 g/mol. The lowest BCUT2D eigenvalue weighted by Crippen LogP contribution is -2.39.